The summed E-state index contributed by atoms with van der Waals surface area (Å²) >= 11 is 6.07. The molecular weight excluding hydrogens is 368 g/mol. The maximum Gasteiger partial charge on any atom is 0.417 e. The smallest absolute Gasteiger partial charge is 0.417 e. The van der Waals surface area contributed by atoms with E-state index < -0.39 is 15.8 Å². The second-order valence-corrected chi connectivity index (χ2v) is 7.91. The number of aromatic amines is 1. The van der Waals surface area contributed by atoms with Crippen LogP contribution >= 0.6 is 11.6 Å². The van der Waals surface area contributed by atoms with Crippen molar-refractivity contribution >= 4 is 38.4 Å². The summed E-state index contributed by atoms with van der Waals surface area (Å²) in [6, 6.07) is 7.65. The number of ether oxygens (including phenoxy) is 1. The monoisotopic (exact) mass is 380 g/mol. The number of hydrogen-bond donors (Lipinski definition) is 2. The molecule has 0 bridgehead atoms. The number of oxazole rings is 1. The Morgan fingerprint density at radius 3 is 2.88 bits per heavy atom. The van der Waals surface area contributed by atoms with Gasteiger partial charge in [-0.3, -0.25) is 9.71 Å². The highest BCUT2D eigenvalue weighted by atomic mass is 35.5. The first-order valence-corrected chi connectivity index (χ1v) is 9.33. The van der Waals surface area contributed by atoms with E-state index in [9.17, 15) is 13.2 Å². The molecule has 1 unspecified atom stereocenters. The lowest BCUT2D eigenvalue weighted by Crippen LogP contribution is -2.13. The summed E-state index contributed by atoms with van der Waals surface area (Å²) in [6.45, 7) is 1.95. The molecule has 1 atom stereocenters. The standard InChI is InChI=1S/C16H13ClN2O5S/c1-8-4-9-5-10(2-3-13(9)23-8)19-25(21,22)15-7-14-12(6-11(15)17)18-16(20)24-14/h2-3,5-8,19H,4H2,1H3,(H,18,20). The van der Waals surface area contributed by atoms with Crippen molar-refractivity contribution in [1.82, 2.24) is 4.98 Å². The molecule has 9 heteroatoms. The van der Waals surface area contributed by atoms with Crippen LogP contribution in [0.2, 0.25) is 5.02 Å². The fourth-order valence-corrected chi connectivity index (χ4v) is 4.45. The van der Waals surface area contributed by atoms with Crippen molar-refractivity contribution in [3.05, 3.63) is 51.5 Å². The summed E-state index contributed by atoms with van der Waals surface area (Å²) < 4.78 is 38.4. The van der Waals surface area contributed by atoms with Gasteiger partial charge in [-0.05, 0) is 36.8 Å². The maximum atomic E-state index is 12.7. The lowest BCUT2D eigenvalue weighted by Gasteiger charge is -2.10. The van der Waals surface area contributed by atoms with Gasteiger partial charge in [0.15, 0.2) is 5.58 Å². The Balaban J connectivity index is 1.72. The molecule has 0 aliphatic carbocycles. The molecule has 1 aliphatic heterocycles. The lowest BCUT2D eigenvalue weighted by atomic mass is 10.1. The Morgan fingerprint density at radius 1 is 1.28 bits per heavy atom. The first kappa shape index (κ1) is 16.0. The van der Waals surface area contributed by atoms with Crippen LogP contribution in [0, 0.1) is 0 Å². The molecular formula is C16H13ClN2O5S. The molecule has 0 fully saturated rings. The minimum absolute atomic E-state index is 0.0184. The van der Waals surface area contributed by atoms with E-state index in [1.54, 1.807) is 18.2 Å². The van der Waals surface area contributed by atoms with Crippen molar-refractivity contribution in [1.29, 1.82) is 0 Å². The summed E-state index contributed by atoms with van der Waals surface area (Å²) in [5, 5.41) is -0.0184. The van der Waals surface area contributed by atoms with E-state index in [0.29, 0.717) is 17.6 Å². The van der Waals surface area contributed by atoms with E-state index in [2.05, 4.69) is 9.71 Å². The molecule has 7 nitrogen and oxygen atoms in total. The zero-order valence-electron chi connectivity index (χ0n) is 13.0. The number of nitrogens with one attached hydrogen (secondary N) is 2. The first-order chi connectivity index (χ1) is 11.8. The van der Waals surface area contributed by atoms with Gasteiger partial charge >= 0.3 is 5.76 Å². The molecule has 0 saturated heterocycles. The van der Waals surface area contributed by atoms with E-state index >= 15 is 0 Å². The largest absolute Gasteiger partial charge is 0.490 e. The van der Waals surface area contributed by atoms with Crippen LogP contribution in [0.25, 0.3) is 11.1 Å². The maximum absolute atomic E-state index is 12.7. The fraction of sp³-hybridized carbons (Fsp3) is 0.188. The molecule has 0 saturated carbocycles. The number of benzene rings is 2. The zero-order chi connectivity index (χ0) is 17.8. The van der Waals surface area contributed by atoms with E-state index in [-0.39, 0.29) is 21.6 Å². The Hall–Kier alpha value is -2.45. The van der Waals surface area contributed by atoms with E-state index in [1.165, 1.54) is 12.1 Å². The number of anilines is 1. The molecule has 1 aromatic heterocycles. The van der Waals surface area contributed by atoms with Crippen LogP contribution in [0.5, 0.6) is 5.75 Å². The Morgan fingerprint density at radius 2 is 2.08 bits per heavy atom. The van der Waals surface area contributed by atoms with E-state index in [4.69, 9.17) is 20.8 Å². The highest BCUT2D eigenvalue weighted by Gasteiger charge is 2.23. The normalized spacial score (nSPS) is 16.6. The molecule has 3 aromatic rings. The van der Waals surface area contributed by atoms with Crippen molar-refractivity contribution in [2.75, 3.05) is 4.72 Å². The lowest BCUT2D eigenvalue weighted by molar-refractivity contribution is 0.254. The molecule has 0 radical (unpaired) electrons. The second-order valence-electron chi connectivity index (χ2n) is 5.85. The summed E-state index contributed by atoms with van der Waals surface area (Å²) in [4.78, 5) is 13.5. The third kappa shape index (κ3) is 2.87. The van der Waals surface area contributed by atoms with Gasteiger partial charge in [0.25, 0.3) is 10.0 Å². The van der Waals surface area contributed by atoms with Crippen molar-refractivity contribution in [2.45, 2.75) is 24.3 Å². The third-order valence-electron chi connectivity index (χ3n) is 3.91. The highest BCUT2D eigenvalue weighted by molar-refractivity contribution is 7.92. The third-order valence-corrected chi connectivity index (χ3v) is 5.76. The van der Waals surface area contributed by atoms with Gasteiger partial charge < -0.3 is 9.15 Å². The second kappa shape index (κ2) is 5.53. The Bertz CT molecular complexity index is 1150. The Labute approximate surface area is 147 Å². The minimum atomic E-state index is -3.96. The van der Waals surface area contributed by atoms with Crippen LogP contribution in [0.15, 0.2) is 44.4 Å². The average molecular weight is 381 g/mol. The summed E-state index contributed by atoms with van der Waals surface area (Å²) in [6.07, 6.45) is 0.779. The van der Waals surface area contributed by atoms with Crippen LogP contribution in [-0.4, -0.2) is 19.5 Å². The van der Waals surface area contributed by atoms with Gasteiger partial charge in [0.1, 0.15) is 16.7 Å². The van der Waals surface area contributed by atoms with Gasteiger partial charge in [-0.15, -0.1) is 0 Å². The van der Waals surface area contributed by atoms with Crippen molar-refractivity contribution in [2.24, 2.45) is 0 Å². The molecule has 0 spiro atoms. The van der Waals surface area contributed by atoms with Gasteiger partial charge in [-0.1, -0.05) is 11.6 Å². The van der Waals surface area contributed by atoms with E-state index in [0.717, 1.165) is 11.3 Å². The van der Waals surface area contributed by atoms with Crippen LogP contribution in [0.4, 0.5) is 5.69 Å². The van der Waals surface area contributed by atoms with Crippen LogP contribution in [-0.2, 0) is 16.4 Å². The Kier molecular flexibility index (Phi) is 3.55. The molecule has 2 N–H and O–H groups in total. The number of sulfonamides is 1. The average Bonchev–Trinajstić information content (AvgIpc) is 3.05. The predicted octanol–water partition coefficient (Wildman–Crippen LogP) is 2.90. The quantitative estimate of drug-likeness (QED) is 0.727. The van der Waals surface area contributed by atoms with E-state index in [1.807, 2.05) is 6.92 Å². The SMILES string of the molecule is CC1Cc2cc(NS(=O)(=O)c3cc4oc(=O)[nH]c4cc3Cl)ccc2O1. The van der Waals surface area contributed by atoms with Gasteiger partial charge in [-0.25, -0.2) is 13.2 Å². The summed E-state index contributed by atoms with van der Waals surface area (Å²) in [5.74, 6) is 0.0744. The van der Waals surface area contributed by atoms with Crippen LogP contribution < -0.4 is 15.2 Å². The predicted molar refractivity (Wildman–Crippen MR) is 92.9 cm³/mol. The zero-order valence-corrected chi connectivity index (χ0v) is 14.6. The first-order valence-electron chi connectivity index (χ1n) is 7.46. The van der Waals surface area contributed by atoms with Crippen LogP contribution in [0.1, 0.15) is 12.5 Å². The highest BCUT2D eigenvalue weighted by Crippen LogP contribution is 2.33. The topological polar surface area (TPSA) is 101 Å². The molecule has 4 rings (SSSR count). The van der Waals surface area contributed by atoms with Crippen LogP contribution in [0.3, 0.4) is 0 Å². The van der Waals surface area contributed by atoms with Crippen molar-refractivity contribution in [3.63, 3.8) is 0 Å². The number of fused-ring (bicyclic) bond motifs is 2. The molecule has 25 heavy (non-hydrogen) atoms. The number of hydrogen-bond acceptors (Lipinski definition) is 5. The van der Waals surface area contributed by atoms with Gasteiger partial charge in [0, 0.05) is 18.2 Å². The van der Waals surface area contributed by atoms with Gasteiger partial charge in [-0.2, -0.15) is 0 Å². The van der Waals surface area contributed by atoms with Gasteiger partial charge in [0.05, 0.1) is 10.5 Å². The number of rotatable bonds is 3. The molecule has 2 heterocycles. The minimum Gasteiger partial charge on any atom is -0.490 e. The molecule has 1 aliphatic rings. The molecule has 0 amide bonds. The number of H-pyrrole nitrogens is 1. The number of aromatic nitrogens is 1. The van der Waals surface area contributed by atoms with Gasteiger partial charge in [0.2, 0.25) is 0 Å². The summed E-state index contributed by atoms with van der Waals surface area (Å²) in [5.41, 5.74) is 1.79. The van der Waals surface area contributed by atoms with Crippen molar-refractivity contribution in [3.8, 4) is 5.75 Å². The number of halogens is 1. The fourth-order valence-electron chi connectivity index (χ4n) is 2.85. The molecule has 2 aromatic carbocycles. The summed E-state index contributed by atoms with van der Waals surface area (Å²) in [7, 11) is -3.96. The molecule has 130 valence electrons. The van der Waals surface area contributed by atoms with Crippen molar-refractivity contribution < 1.29 is 17.6 Å².